The molecule has 25 heavy (non-hydrogen) atoms. The summed E-state index contributed by atoms with van der Waals surface area (Å²) in [6, 6.07) is 11.1. The van der Waals surface area contributed by atoms with Crippen LogP contribution in [0.3, 0.4) is 0 Å². The van der Waals surface area contributed by atoms with E-state index in [0.29, 0.717) is 17.5 Å². The molecule has 0 amide bonds. The molecular formula is C17H15NO7. The maximum atomic E-state index is 11.3. The van der Waals surface area contributed by atoms with Crippen molar-refractivity contribution in [1.82, 2.24) is 0 Å². The summed E-state index contributed by atoms with van der Waals surface area (Å²) in [6.07, 6.45) is 0.402. The smallest absolute Gasteiger partial charge is 0.335 e. The van der Waals surface area contributed by atoms with Crippen LogP contribution in [-0.4, -0.2) is 22.1 Å². The van der Waals surface area contributed by atoms with Crippen LogP contribution in [0.1, 0.15) is 34.0 Å². The van der Waals surface area contributed by atoms with Gasteiger partial charge in [-0.05, 0) is 34.9 Å². The fourth-order valence-electron chi connectivity index (χ4n) is 2.20. The summed E-state index contributed by atoms with van der Waals surface area (Å²) >= 11 is 0. The number of esters is 1. The lowest BCUT2D eigenvalue weighted by Crippen LogP contribution is -2.06. The van der Waals surface area contributed by atoms with Gasteiger partial charge >= 0.3 is 11.9 Å². The Morgan fingerprint density at radius 2 is 1.76 bits per heavy atom. The molecule has 0 saturated heterocycles. The average molecular weight is 345 g/mol. The first-order chi connectivity index (χ1) is 11.8. The summed E-state index contributed by atoms with van der Waals surface area (Å²) in [5.41, 5.74) is 2.17. The van der Waals surface area contributed by atoms with Gasteiger partial charge in [-0.2, -0.15) is 0 Å². The predicted molar refractivity (Wildman–Crippen MR) is 85.7 cm³/mol. The van der Waals surface area contributed by atoms with E-state index in [9.17, 15) is 19.7 Å². The topological polar surface area (TPSA) is 116 Å². The maximum absolute atomic E-state index is 11.3. The molecule has 0 saturated carbocycles. The van der Waals surface area contributed by atoms with Crippen molar-refractivity contribution in [3.05, 3.63) is 74.8 Å². The third-order valence-corrected chi connectivity index (χ3v) is 3.32. The molecule has 8 nitrogen and oxygen atoms in total. The van der Waals surface area contributed by atoms with Crippen LogP contribution in [-0.2, 0) is 22.7 Å². The van der Waals surface area contributed by atoms with Crippen LogP contribution in [0.15, 0.2) is 42.5 Å². The molecule has 1 N–H and O–H groups in total. The Kier molecular flexibility index (Phi) is 5.67. The quantitative estimate of drug-likeness (QED) is 0.355. The van der Waals surface area contributed by atoms with Gasteiger partial charge in [0.2, 0.25) is 0 Å². The second-order valence-electron chi connectivity index (χ2n) is 5.21. The number of rotatable bonds is 7. The SMILES string of the molecule is CC(=O)Oc1cc(CO[N+](=O)[O-])ccc1Cc1ccc(C(=O)O)cc1. The van der Waals surface area contributed by atoms with Crippen molar-refractivity contribution in [1.29, 1.82) is 0 Å². The first kappa shape index (κ1) is 17.9. The first-order valence-electron chi connectivity index (χ1n) is 7.25. The number of carboxylic acid groups (broad SMARTS) is 1. The van der Waals surface area contributed by atoms with Crippen LogP contribution in [0.4, 0.5) is 0 Å². The summed E-state index contributed by atoms with van der Waals surface area (Å²) in [5, 5.41) is 18.3. The lowest BCUT2D eigenvalue weighted by Gasteiger charge is -2.11. The van der Waals surface area contributed by atoms with Crippen molar-refractivity contribution in [3.63, 3.8) is 0 Å². The second-order valence-corrected chi connectivity index (χ2v) is 5.21. The summed E-state index contributed by atoms with van der Waals surface area (Å²) in [7, 11) is 0. The van der Waals surface area contributed by atoms with Crippen LogP contribution in [0.2, 0.25) is 0 Å². The number of hydrogen-bond donors (Lipinski definition) is 1. The van der Waals surface area contributed by atoms with Crippen LogP contribution < -0.4 is 4.74 Å². The highest BCUT2D eigenvalue weighted by Gasteiger charge is 2.11. The molecule has 8 heteroatoms. The Balaban J connectivity index is 2.24. The molecule has 0 radical (unpaired) electrons. The largest absolute Gasteiger partial charge is 0.478 e. The van der Waals surface area contributed by atoms with E-state index in [-0.39, 0.29) is 17.9 Å². The molecule has 0 fully saturated rings. The van der Waals surface area contributed by atoms with Crippen molar-refractivity contribution >= 4 is 11.9 Å². The van der Waals surface area contributed by atoms with E-state index in [4.69, 9.17) is 9.84 Å². The molecule has 0 aromatic heterocycles. The molecule has 0 unspecified atom stereocenters. The molecule has 0 aliphatic rings. The van der Waals surface area contributed by atoms with E-state index in [1.165, 1.54) is 25.1 Å². The number of ether oxygens (including phenoxy) is 1. The fraction of sp³-hybridized carbons (Fsp3) is 0.176. The van der Waals surface area contributed by atoms with E-state index in [1.54, 1.807) is 24.3 Å². The summed E-state index contributed by atoms with van der Waals surface area (Å²) in [5.74, 6) is -1.25. The minimum Gasteiger partial charge on any atom is -0.478 e. The number of nitrogens with zero attached hydrogens (tertiary/aromatic N) is 1. The van der Waals surface area contributed by atoms with Crippen LogP contribution in [0.25, 0.3) is 0 Å². The van der Waals surface area contributed by atoms with E-state index in [0.717, 1.165) is 5.56 Å². The third-order valence-electron chi connectivity index (χ3n) is 3.32. The van der Waals surface area contributed by atoms with E-state index in [2.05, 4.69) is 4.84 Å². The number of carbonyl (C=O) groups excluding carboxylic acids is 1. The van der Waals surface area contributed by atoms with Crippen LogP contribution in [0, 0.1) is 10.1 Å². The van der Waals surface area contributed by atoms with Crippen molar-refractivity contribution in [2.75, 3.05) is 0 Å². The van der Waals surface area contributed by atoms with Crippen molar-refractivity contribution in [2.24, 2.45) is 0 Å². The monoisotopic (exact) mass is 345 g/mol. The number of hydrogen-bond acceptors (Lipinski definition) is 6. The van der Waals surface area contributed by atoms with Gasteiger partial charge in [-0.1, -0.05) is 24.3 Å². The Morgan fingerprint density at radius 1 is 1.12 bits per heavy atom. The predicted octanol–water partition coefficient (Wildman–Crippen LogP) is 2.61. The zero-order valence-corrected chi connectivity index (χ0v) is 13.3. The van der Waals surface area contributed by atoms with Gasteiger partial charge in [0, 0.05) is 13.3 Å². The number of carbonyl (C=O) groups is 2. The first-order valence-corrected chi connectivity index (χ1v) is 7.25. The van der Waals surface area contributed by atoms with Gasteiger partial charge in [-0.3, -0.25) is 4.79 Å². The van der Waals surface area contributed by atoms with Gasteiger partial charge in [-0.25, -0.2) is 4.79 Å². The normalized spacial score (nSPS) is 10.1. The third kappa shape index (κ3) is 5.31. The van der Waals surface area contributed by atoms with Gasteiger partial charge in [0.1, 0.15) is 12.4 Å². The summed E-state index contributed by atoms with van der Waals surface area (Å²) in [4.78, 5) is 36.7. The Hall–Kier alpha value is -3.42. The molecule has 0 aliphatic heterocycles. The minimum atomic E-state index is -1.01. The Labute approximate surface area is 142 Å². The molecular weight excluding hydrogens is 330 g/mol. The van der Waals surface area contributed by atoms with Crippen molar-refractivity contribution < 1.29 is 29.4 Å². The Bertz CT molecular complexity index is 799. The Morgan fingerprint density at radius 3 is 2.32 bits per heavy atom. The highest BCUT2D eigenvalue weighted by atomic mass is 16.9. The fourth-order valence-corrected chi connectivity index (χ4v) is 2.20. The number of aromatic carboxylic acids is 1. The number of carboxylic acids is 1. The summed E-state index contributed by atoms with van der Waals surface area (Å²) < 4.78 is 5.17. The molecule has 0 heterocycles. The molecule has 0 aliphatic carbocycles. The molecule has 0 bridgehead atoms. The van der Waals surface area contributed by atoms with Gasteiger partial charge in [0.05, 0.1) is 5.56 Å². The zero-order valence-electron chi connectivity index (χ0n) is 13.3. The van der Waals surface area contributed by atoms with E-state index in [1.807, 2.05) is 0 Å². The van der Waals surface area contributed by atoms with Gasteiger partial charge < -0.3 is 14.7 Å². The molecule has 2 aromatic rings. The van der Waals surface area contributed by atoms with Crippen LogP contribution in [0.5, 0.6) is 5.75 Å². The van der Waals surface area contributed by atoms with E-state index < -0.39 is 17.0 Å². The van der Waals surface area contributed by atoms with Crippen LogP contribution >= 0.6 is 0 Å². The van der Waals surface area contributed by atoms with Gasteiger partial charge in [0.15, 0.2) is 0 Å². The molecule has 0 atom stereocenters. The van der Waals surface area contributed by atoms with Gasteiger partial charge in [0.25, 0.3) is 5.09 Å². The zero-order chi connectivity index (χ0) is 18.4. The highest BCUT2D eigenvalue weighted by Crippen LogP contribution is 2.24. The maximum Gasteiger partial charge on any atom is 0.335 e. The number of benzene rings is 2. The molecule has 2 aromatic carbocycles. The molecule has 130 valence electrons. The average Bonchev–Trinajstić information content (AvgIpc) is 2.55. The standard InChI is InChI=1S/C17H15NO7/c1-11(19)25-16-9-13(10-24-18(22)23)4-7-15(16)8-12-2-5-14(6-3-12)17(20)21/h2-7,9H,8,10H2,1H3,(H,20,21). The molecule has 0 spiro atoms. The lowest BCUT2D eigenvalue weighted by molar-refractivity contribution is -0.763. The van der Waals surface area contributed by atoms with Crippen molar-refractivity contribution in [3.8, 4) is 5.75 Å². The van der Waals surface area contributed by atoms with E-state index >= 15 is 0 Å². The summed E-state index contributed by atoms with van der Waals surface area (Å²) in [6.45, 7) is 1.00. The highest BCUT2D eigenvalue weighted by molar-refractivity contribution is 5.87. The minimum absolute atomic E-state index is 0.177. The lowest BCUT2D eigenvalue weighted by atomic mass is 10.0. The molecule has 2 rings (SSSR count). The second kappa shape index (κ2) is 7.91. The van der Waals surface area contributed by atoms with Crippen molar-refractivity contribution in [2.45, 2.75) is 20.0 Å². The van der Waals surface area contributed by atoms with Gasteiger partial charge in [-0.15, -0.1) is 10.1 Å².